The summed E-state index contributed by atoms with van der Waals surface area (Å²) in [6, 6.07) is -1.75. The molecule has 0 aliphatic heterocycles. The zero-order valence-corrected chi connectivity index (χ0v) is 10.1. The smallest absolute Gasteiger partial charge is 0.348 e. The minimum Gasteiger partial charge on any atom is -0.481 e. The molecule has 0 aromatic rings. The quantitative estimate of drug-likeness (QED) is 0.229. The Labute approximate surface area is 102 Å². The molecule has 5 N–H and O–H groups in total. The maximum atomic E-state index is 11.0. The lowest BCUT2D eigenvalue weighted by Crippen LogP contribution is -2.44. The fourth-order valence-corrected chi connectivity index (χ4v) is 1.96. The molecule has 2 unspecified atom stereocenters. The molecule has 2 atom stereocenters. The molecule has 0 rings (SSSR count). The normalized spacial score (nSPS) is 15.1. The maximum absolute atomic E-state index is 11.0. The highest BCUT2D eigenvalue weighted by molar-refractivity contribution is 7.52. The molecule has 0 bridgehead atoms. The molecule has 0 aliphatic rings. The van der Waals surface area contributed by atoms with Crippen molar-refractivity contribution in [1.82, 2.24) is 5.06 Å². The summed E-state index contributed by atoms with van der Waals surface area (Å²) in [4.78, 5) is 38.9. The van der Waals surface area contributed by atoms with Crippen LogP contribution in [0.15, 0.2) is 12.7 Å². The number of nitrogens with zero attached hydrogens (tertiary/aromatic N) is 1. The highest BCUT2D eigenvalue weighted by Crippen LogP contribution is 2.43. The predicted octanol–water partition coefficient (Wildman–Crippen LogP) is -0.315. The van der Waals surface area contributed by atoms with Crippen molar-refractivity contribution in [2.24, 2.45) is 0 Å². The van der Waals surface area contributed by atoms with Gasteiger partial charge in [0.25, 0.3) is 0 Å². The van der Waals surface area contributed by atoms with E-state index in [0.717, 1.165) is 0 Å². The van der Waals surface area contributed by atoms with Crippen LogP contribution in [-0.2, 0) is 14.2 Å². The lowest BCUT2D eigenvalue weighted by atomic mass is 10.1. The zero-order valence-electron chi connectivity index (χ0n) is 9.21. The number of hydrogen-bond acceptors (Lipinski definition) is 5. The Hall–Kier alpha value is -1.25. The van der Waals surface area contributed by atoms with E-state index in [1.165, 1.54) is 0 Å². The van der Waals surface area contributed by atoms with Crippen molar-refractivity contribution in [2.45, 2.75) is 24.7 Å². The summed E-state index contributed by atoms with van der Waals surface area (Å²) in [5, 5.41) is 26.6. The molecule has 0 aromatic carbocycles. The molecule has 10 heteroatoms. The van der Waals surface area contributed by atoms with Crippen molar-refractivity contribution in [3.63, 3.8) is 0 Å². The van der Waals surface area contributed by atoms with Crippen molar-refractivity contribution in [3.05, 3.63) is 12.7 Å². The number of carboxylic acid groups (broad SMARTS) is 2. The van der Waals surface area contributed by atoms with Crippen LogP contribution < -0.4 is 0 Å². The molecule has 0 amide bonds. The van der Waals surface area contributed by atoms with Crippen molar-refractivity contribution in [3.8, 4) is 0 Å². The Morgan fingerprint density at radius 3 is 2.11 bits per heavy atom. The third kappa shape index (κ3) is 4.94. The van der Waals surface area contributed by atoms with E-state index in [9.17, 15) is 19.4 Å². The second-order valence-electron chi connectivity index (χ2n) is 3.40. The lowest BCUT2D eigenvalue weighted by Gasteiger charge is -2.28. The summed E-state index contributed by atoms with van der Waals surface area (Å²) in [6.07, 6.45) is -0.387. The molecular weight excluding hydrogens is 269 g/mol. The fourth-order valence-electron chi connectivity index (χ4n) is 1.21. The minimum absolute atomic E-state index is 0.0843. The van der Waals surface area contributed by atoms with E-state index >= 15 is 0 Å². The summed E-state index contributed by atoms with van der Waals surface area (Å²) in [5.74, 6) is -4.80. The van der Waals surface area contributed by atoms with Gasteiger partial charge >= 0.3 is 19.5 Å². The average Bonchev–Trinajstić information content (AvgIpc) is 2.15. The van der Waals surface area contributed by atoms with Gasteiger partial charge in [-0.2, -0.15) is 5.06 Å². The van der Waals surface area contributed by atoms with Gasteiger partial charge in [0.1, 0.15) is 6.04 Å². The monoisotopic (exact) mass is 283 g/mol. The van der Waals surface area contributed by atoms with Crippen LogP contribution in [0.4, 0.5) is 0 Å². The fraction of sp³-hybridized carbons (Fsp3) is 0.500. The van der Waals surface area contributed by atoms with Crippen LogP contribution in [0.5, 0.6) is 0 Å². The van der Waals surface area contributed by atoms with Crippen molar-refractivity contribution in [2.75, 3.05) is 0 Å². The summed E-state index contributed by atoms with van der Waals surface area (Å²) in [7, 11) is -4.83. The van der Waals surface area contributed by atoms with Gasteiger partial charge in [-0.25, -0.2) is 0 Å². The molecule has 0 radical (unpaired) electrons. The minimum atomic E-state index is -4.83. The van der Waals surface area contributed by atoms with Crippen LogP contribution in [0, 0.1) is 0 Å². The van der Waals surface area contributed by atoms with E-state index < -0.39 is 44.2 Å². The SMILES string of the molecule is C=CC(N(O)C(CCC(=O)O)C(=O)O)P(=O)(O)O. The molecule has 0 spiro atoms. The largest absolute Gasteiger partial charge is 0.481 e. The summed E-state index contributed by atoms with van der Waals surface area (Å²) >= 11 is 0. The summed E-state index contributed by atoms with van der Waals surface area (Å²) < 4.78 is 11.0. The molecule has 0 heterocycles. The van der Waals surface area contributed by atoms with E-state index in [4.69, 9.17) is 20.0 Å². The topological polar surface area (TPSA) is 156 Å². The van der Waals surface area contributed by atoms with Gasteiger partial charge in [0.15, 0.2) is 5.78 Å². The van der Waals surface area contributed by atoms with Crippen molar-refractivity contribution >= 4 is 19.5 Å². The molecule has 0 saturated carbocycles. The number of carboxylic acids is 2. The molecule has 0 aromatic heterocycles. The van der Waals surface area contributed by atoms with Crippen LogP contribution >= 0.6 is 7.60 Å². The Morgan fingerprint density at radius 2 is 1.83 bits per heavy atom. The molecule has 0 saturated heterocycles. The van der Waals surface area contributed by atoms with Gasteiger partial charge in [-0.3, -0.25) is 14.2 Å². The average molecular weight is 283 g/mol. The Morgan fingerprint density at radius 1 is 1.33 bits per heavy atom. The number of aliphatic carboxylic acids is 2. The van der Waals surface area contributed by atoms with Crippen LogP contribution in [0.3, 0.4) is 0 Å². The van der Waals surface area contributed by atoms with Gasteiger partial charge < -0.3 is 25.2 Å². The first kappa shape index (κ1) is 16.8. The van der Waals surface area contributed by atoms with E-state index in [0.29, 0.717) is 6.08 Å². The van der Waals surface area contributed by atoms with Gasteiger partial charge in [-0.05, 0) is 6.42 Å². The van der Waals surface area contributed by atoms with E-state index in [1.54, 1.807) is 0 Å². The molecular formula is C8H14NO8P. The Bertz CT molecular complexity index is 377. The summed E-state index contributed by atoms with van der Waals surface area (Å²) in [5.41, 5.74) is 0. The van der Waals surface area contributed by atoms with Crippen LogP contribution in [0.2, 0.25) is 0 Å². The van der Waals surface area contributed by atoms with Crippen LogP contribution in [0.25, 0.3) is 0 Å². The molecule has 104 valence electrons. The van der Waals surface area contributed by atoms with Gasteiger partial charge in [-0.15, -0.1) is 6.58 Å². The lowest BCUT2D eigenvalue weighted by molar-refractivity contribution is -0.173. The molecule has 18 heavy (non-hydrogen) atoms. The molecule has 9 nitrogen and oxygen atoms in total. The second kappa shape index (κ2) is 6.62. The van der Waals surface area contributed by atoms with Gasteiger partial charge in [-0.1, -0.05) is 6.08 Å². The highest BCUT2D eigenvalue weighted by atomic mass is 31.2. The number of hydrogen-bond donors (Lipinski definition) is 5. The first-order valence-electron chi connectivity index (χ1n) is 4.70. The Kier molecular flexibility index (Phi) is 6.16. The Balaban J connectivity index is 5.00. The zero-order chi connectivity index (χ0) is 14.5. The molecule has 0 fully saturated rings. The van der Waals surface area contributed by atoms with Crippen LogP contribution in [0.1, 0.15) is 12.8 Å². The van der Waals surface area contributed by atoms with Gasteiger partial charge in [0.05, 0.1) is 0 Å². The first-order chi connectivity index (χ1) is 8.11. The third-order valence-corrected chi connectivity index (χ3v) is 3.20. The van der Waals surface area contributed by atoms with Crippen LogP contribution in [-0.4, -0.2) is 54.0 Å². The van der Waals surface area contributed by atoms with E-state index in [2.05, 4.69) is 6.58 Å². The van der Waals surface area contributed by atoms with Crippen molar-refractivity contribution in [1.29, 1.82) is 0 Å². The number of hydroxylamine groups is 2. The van der Waals surface area contributed by atoms with E-state index in [-0.39, 0.29) is 5.06 Å². The highest BCUT2D eigenvalue weighted by Gasteiger charge is 2.38. The standard InChI is InChI=1S/C8H14NO8P/c1-2-6(18(15,16)17)9(14)5(8(12)13)3-4-7(10)11/h2,5-6,14H,1,3-4H2,(H,10,11)(H,12,13)(H2,15,16,17). The van der Waals surface area contributed by atoms with E-state index in [1.807, 2.05) is 0 Å². The van der Waals surface area contributed by atoms with Gasteiger partial charge in [0, 0.05) is 6.42 Å². The summed E-state index contributed by atoms with van der Waals surface area (Å²) in [6.45, 7) is 3.08. The third-order valence-electron chi connectivity index (χ3n) is 2.06. The number of rotatable bonds is 8. The predicted molar refractivity (Wildman–Crippen MR) is 57.9 cm³/mol. The molecule has 0 aliphatic carbocycles. The second-order valence-corrected chi connectivity index (χ2v) is 5.11. The van der Waals surface area contributed by atoms with Gasteiger partial charge in [0.2, 0.25) is 0 Å². The van der Waals surface area contributed by atoms with Crippen molar-refractivity contribution < 1.29 is 39.4 Å². The maximum Gasteiger partial charge on any atom is 0.348 e. The number of carbonyl (C=O) groups is 2. The first-order valence-corrected chi connectivity index (χ1v) is 6.39.